The van der Waals surface area contributed by atoms with E-state index in [1.165, 1.54) is 24.4 Å². The second-order valence-corrected chi connectivity index (χ2v) is 5.97. The standard InChI is InChI=1S/C19H16FN3O3/c1-11-7-8-15(12(2)9-11)21-10-13-17(24)22-19(26)23(18(13)25)16-6-4-3-5-14(16)20/h3-10,13H,1-2H3,(H,22,24,26)/t13-/m0/s1. The zero-order valence-electron chi connectivity index (χ0n) is 14.2. The van der Waals surface area contributed by atoms with Crippen molar-refractivity contribution in [2.75, 3.05) is 4.90 Å². The summed E-state index contributed by atoms with van der Waals surface area (Å²) in [6, 6.07) is 9.92. The van der Waals surface area contributed by atoms with Gasteiger partial charge in [0.15, 0.2) is 5.92 Å². The number of imide groups is 2. The Hall–Kier alpha value is -3.35. The van der Waals surface area contributed by atoms with E-state index >= 15 is 0 Å². The molecule has 1 atom stereocenters. The summed E-state index contributed by atoms with van der Waals surface area (Å²) in [5.41, 5.74) is 2.33. The molecule has 0 aromatic heterocycles. The minimum atomic E-state index is -1.33. The van der Waals surface area contributed by atoms with Crippen molar-refractivity contribution < 1.29 is 18.8 Å². The van der Waals surface area contributed by atoms with Crippen molar-refractivity contribution in [1.82, 2.24) is 5.32 Å². The van der Waals surface area contributed by atoms with Crippen molar-refractivity contribution in [3.05, 3.63) is 59.4 Å². The van der Waals surface area contributed by atoms with Gasteiger partial charge in [0.25, 0.3) is 5.91 Å². The number of halogens is 1. The largest absolute Gasteiger partial charge is 0.335 e. The number of rotatable bonds is 3. The minimum absolute atomic E-state index is 0.215. The normalized spacial score (nSPS) is 17.7. The maximum atomic E-state index is 14.0. The molecule has 1 fully saturated rings. The van der Waals surface area contributed by atoms with Crippen molar-refractivity contribution in [2.45, 2.75) is 13.8 Å². The van der Waals surface area contributed by atoms with E-state index in [1.807, 2.05) is 26.0 Å². The maximum Gasteiger partial charge on any atom is 0.335 e. The predicted octanol–water partition coefficient (Wildman–Crippen LogP) is 3.04. The number of nitrogens with zero attached hydrogens (tertiary/aromatic N) is 2. The van der Waals surface area contributed by atoms with E-state index in [9.17, 15) is 18.8 Å². The summed E-state index contributed by atoms with van der Waals surface area (Å²) >= 11 is 0. The second-order valence-electron chi connectivity index (χ2n) is 5.97. The number of aryl methyl sites for hydroxylation is 2. The summed E-state index contributed by atoms with van der Waals surface area (Å²) in [5.74, 6) is -3.71. The summed E-state index contributed by atoms with van der Waals surface area (Å²) in [6.45, 7) is 3.80. The molecule has 4 amide bonds. The summed E-state index contributed by atoms with van der Waals surface area (Å²) in [5, 5.41) is 2.06. The van der Waals surface area contributed by atoms with E-state index in [1.54, 1.807) is 6.07 Å². The number of anilines is 1. The van der Waals surface area contributed by atoms with Gasteiger partial charge < -0.3 is 0 Å². The Morgan fingerprint density at radius 3 is 2.54 bits per heavy atom. The number of nitrogens with one attached hydrogen (secondary N) is 1. The highest BCUT2D eigenvalue weighted by Crippen LogP contribution is 2.24. The van der Waals surface area contributed by atoms with Crippen LogP contribution < -0.4 is 10.2 Å². The molecule has 132 valence electrons. The monoisotopic (exact) mass is 353 g/mol. The Morgan fingerprint density at radius 2 is 1.85 bits per heavy atom. The number of carbonyl (C=O) groups is 3. The van der Waals surface area contributed by atoms with Crippen LogP contribution in [0.1, 0.15) is 11.1 Å². The molecule has 0 bridgehead atoms. The lowest BCUT2D eigenvalue weighted by Gasteiger charge is -2.28. The molecule has 1 saturated heterocycles. The van der Waals surface area contributed by atoms with Gasteiger partial charge in [-0.3, -0.25) is 19.9 Å². The quantitative estimate of drug-likeness (QED) is 0.680. The van der Waals surface area contributed by atoms with Gasteiger partial charge in [-0.2, -0.15) is 0 Å². The Balaban J connectivity index is 1.93. The fraction of sp³-hybridized carbons (Fsp3) is 0.158. The van der Waals surface area contributed by atoms with Crippen LogP contribution in [0.25, 0.3) is 0 Å². The number of aliphatic imine (C=N–C) groups is 1. The van der Waals surface area contributed by atoms with Gasteiger partial charge in [0.05, 0.1) is 11.4 Å². The molecule has 0 saturated carbocycles. The molecular formula is C19H16FN3O3. The van der Waals surface area contributed by atoms with E-state index < -0.39 is 29.6 Å². The first-order valence-electron chi connectivity index (χ1n) is 7.93. The number of hydrogen-bond donors (Lipinski definition) is 1. The molecule has 0 aliphatic carbocycles. The van der Waals surface area contributed by atoms with Gasteiger partial charge in [-0.25, -0.2) is 14.1 Å². The molecule has 26 heavy (non-hydrogen) atoms. The summed E-state index contributed by atoms with van der Waals surface area (Å²) in [7, 11) is 0. The van der Waals surface area contributed by atoms with E-state index in [-0.39, 0.29) is 5.69 Å². The van der Waals surface area contributed by atoms with E-state index in [4.69, 9.17) is 0 Å². The molecule has 1 aliphatic heterocycles. The maximum absolute atomic E-state index is 14.0. The van der Waals surface area contributed by atoms with Crippen LogP contribution in [-0.2, 0) is 9.59 Å². The topological polar surface area (TPSA) is 78.8 Å². The molecule has 0 radical (unpaired) electrons. The van der Waals surface area contributed by atoms with Crippen LogP contribution >= 0.6 is 0 Å². The molecule has 2 aromatic carbocycles. The number of amides is 4. The Labute approximate surface area is 149 Å². The lowest BCUT2D eigenvalue weighted by Crippen LogP contribution is -2.58. The van der Waals surface area contributed by atoms with Gasteiger partial charge in [-0.1, -0.05) is 29.8 Å². The van der Waals surface area contributed by atoms with Gasteiger partial charge in [0, 0.05) is 6.21 Å². The van der Waals surface area contributed by atoms with Crippen molar-refractivity contribution >= 4 is 35.4 Å². The molecule has 1 N–H and O–H groups in total. The lowest BCUT2D eigenvalue weighted by atomic mass is 10.1. The zero-order chi connectivity index (χ0) is 18.8. The summed E-state index contributed by atoms with van der Waals surface area (Å²) < 4.78 is 14.0. The van der Waals surface area contributed by atoms with Crippen LogP contribution in [0, 0.1) is 25.6 Å². The van der Waals surface area contributed by atoms with Gasteiger partial charge in [-0.05, 0) is 37.6 Å². The van der Waals surface area contributed by atoms with Gasteiger partial charge in [0.1, 0.15) is 5.82 Å². The SMILES string of the molecule is Cc1ccc(N=C[C@H]2C(=O)NC(=O)N(c3ccccc3F)C2=O)c(C)c1. The van der Waals surface area contributed by atoms with E-state index in [0.29, 0.717) is 10.6 Å². The number of urea groups is 1. The number of carbonyl (C=O) groups excluding carboxylic acids is 3. The first-order valence-corrected chi connectivity index (χ1v) is 7.93. The third kappa shape index (κ3) is 3.23. The molecule has 2 aromatic rings. The minimum Gasteiger partial charge on any atom is -0.276 e. The first-order chi connectivity index (χ1) is 12.4. The highest BCUT2D eigenvalue weighted by molar-refractivity contribution is 6.32. The Kier molecular flexibility index (Phi) is 4.62. The summed E-state index contributed by atoms with van der Waals surface area (Å²) in [4.78, 5) is 41.6. The third-order valence-electron chi connectivity index (χ3n) is 4.01. The van der Waals surface area contributed by atoms with Crippen LogP contribution in [0.5, 0.6) is 0 Å². The third-order valence-corrected chi connectivity index (χ3v) is 4.01. The first kappa shape index (κ1) is 17.5. The van der Waals surface area contributed by atoms with Crippen molar-refractivity contribution in [3.8, 4) is 0 Å². The average Bonchev–Trinajstić information content (AvgIpc) is 2.57. The van der Waals surface area contributed by atoms with E-state index in [0.717, 1.165) is 17.2 Å². The van der Waals surface area contributed by atoms with Gasteiger partial charge >= 0.3 is 6.03 Å². The fourth-order valence-corrected chi connectivity index (χ4v) is 2.69. The van der Waals surface area contributed by atoms with Crippen LogP contribution in [0.4, 0.5) is 20.6 Å². The molecule has 1 heterocycles. The molecule has 1 aliphatic rings. The van der Waals surface area contributed by atoms with Crippen molar-refractivity contribution in [1.29, 1.82) is 0 Å². The highest BCUT2D eigenvalue weighted by Gasteiger charge is 2.41. The molecule has 3 rings (SSSR count). The summed E-state index contributed by atoms with van der Waals surface area (Å²) in [6.07, 6.45) is 1.18. The zero-order valence-corrected chi connectivity index (χ0v) is 14.2. The Bertz CT molecular complexity index is 939. The number of benzene rings is 2. The van der Waals surface area contributed by atoms with Crippen molar-refractivity contribution in [3.63, 3.8) is 0 Å². The number of para-hydroxylation sites is 1. The number of barbiturate groups is 1. The molecule has 0 unspecified atom stereocenters. The number of hydrogen-bond acceptors (Lipinski definition) is 4. The lowest BCUT2D eigenvalue weighted by molar-refractivity contribution is -0.131. The molecule has 6 nitrogen and oxygen atoms in total. The van der Waals surface area contributed by atoms with Gasteiger partial charge in [0.2, 0.25) is 5.91 Å². The second kappa shape index (κ2) is 6.87. The molecular weight excluding hydrogens is 337 g/mol. The fourth-order valence-electron chi connectivity index (χ4n) is 2.69. The van der Waals surface area contributed by atoms with Crippen LogP contribution in [0.2, 0.25) is 0 Å². The Morgan fingerprint density at radius 1 is 1.12 bits per heavy atom. The van der Waals surface area contributed by atoms with E-state index in [2.05, 4.69) is 10.3 Å². The van der Waals surface area contributed by atoms with Crippen LogP contribution in [0.3, 0.4) is 0 Å². The predicted molar refractivity (Wildman–Crippen MR) is 95.0 cm³/mol. The van der Waals surface area contributed by atoms with Gasteiger partial charge in [-0.15, -0.1) is 0 Å². The smallest absolute Gasteiger partial charge is 0.276 e. The molecule has 7 heteroatoms. The van der Waals surface area contributed by atoms with Crippen LogP contribution in [-0.4, -0.2) is 24.1 Å². The average molecular weight is 353 g/mol. The van der Waals surface area contributed by atoms with Crippen LogP contribution in [0.15, 0.2) is 47.5 Å². The highest BCUT2D eigenvalue weighted by atomic mass is 19.1. The van der Waals surface area contributed by atoms with Crippen molar-refractivity contribution in [2.24, 2.45) is 10.9 Å². The molecule has 0 spiro atoms.